The van der Waals surface area contributed by atoms with Crippen LogP contribution in [0.5, 0.6) is 11.5 Å². The zero-order valence-corrected chi connectivity index (χ0v) is 27.5. The van der Waals surface area contributed by atoms with Crippen LogP contribution in [0.4, 0.5) is 5.69 Å². The Labute approximate surface area is 263 Å². The summed E-state index contributed by atoms with van der Waals surface area (Å²) in [5, 5.41) is 3.52. The third-order valence-corrected chi connectivity index (χ3v) is 9.72. The first-order chi connectivity index (χ1) is 20.2. The number of anilines is 1. The number of hydrogen-bond donors (Lipinski definition) is 2. The minimum Gasteiger partial charge on any atom is -0.457 e. The predicted molar refractivity (Wildman–Crippen MR) is 181 cm³/mol. The van der Waals surface area contributed by atoms with Crippen molar-refractivity contribution in [1.29, 1.82) is 0 Å². The molecule has 42 heavy (non-hydrogen) atoms. The van der Waals surface area contributed by atoms with Crippen LogP contribution in [0, 0.1) is 5.92 Å². The van der Waals surface area contributed by atoms with Crippen molar-refractivity contribution in [3.05, 3.63) is 54.1 Å². The predicted octanol–water partition coefficient (Wildman–Crippen LogP) is 6.74. The van der Waals surface area contributed by atoms with Crippen LogP contribution in [0.3, 0.4) is 0 Å². The highest BCUT2D eigenvalue weighted by Gasteiger charge is 2.28. The van der Waals surface area contributed by atoms with Gasteiger partial charge in [-0.05, 0) is 80.0 Å². The lowest BCUT2D eigenvalue weighted by molar-refractivity contribution is 0.149. The third-order valence-electron chi connectivity index (χ3n) is 8.20. The quantitative estimate of drug-likeness (QED) is 0.250. The van der Waals surface area contributed by atoms with E-state index in [4.69, 9.17) is 29.2 Å². The summed E-state index contributed by atoms with van der Waals surface area (Å²) < 4.78 is 31.2. The molecule has 0 spiro atoms. The highest BCUT2D eigenvalue weighted by atomic mass is 32.2. The molecular weight excluding hydrogens is 585 g/mol. The molecule has 2 fully saturated rings. The first-order valence-corrected chi connectivity index (χ1v) is 18.1. The van der Waals surface area contributed by atoms with Gasteiger partial charge in [0.25, 0.3) is 0 Å². The number of unbranched alkanes of at least 4 members (excludes halogenated alkanes) is 1. The van der Waals surface area contributed by atoms with Crippen LogP contribution in [0.25, 0.3) is 0 Å². The number of nitrogens with zero attached hydrogens (tertiary/aromatic N) is 2. The molecule has 230 valence electrons. The van der Waals surface area contributed by atoms with Crippen LogP contribution in [0.15, 0.2) is 48.5 Å². The summed E-state index contributed by atoms with van der Waals surface area (Å²) in [6.45, 7) is 7.13. The topological polar surface area (TPSA) is 73.9 Å². The maximum atomic E-state index is 11.4. The highest BCUT2D eigenvalue weighted by Crippen LogP contribution is 2.26. The molecule has 0 unspecified atom stereocenters. The minimum absolute atomic E-state index is 0.435. The Kier molecular flexibility index (Phi) is 12.4. The van der Waals surface area contributed by atoms with Crippen molar-refractivity contribution in [2.24, 2.45) is 5.92 Å². The van der Waals surface area contributed by atoms with Crippen LogP contribution >= 0.6 is 24.4 Å². The first-order valence-electron chi connectivity index (χ1n) is 15.4. The van der Waals surface area contributed by atoms with E-state index in [9.17, 15) is 8.42 Å². The van der Waals surface area contributed by atoms with Gasteiger partial charge in [-0.3, -0.25) is 9.62 Å². The number of nitrogens with one attached hydrogen (secondary N) is 2. The van der Waals surface area contributed by atoms with Gasteiger partial charge in [0.1, 0.15) is 21.5 Å². The maximum absolute atomic E-state index is 11.4. The first kappa shape index (κ1) is 32.6. The molecule has 0 radical (unpaired) electrons. The fraction of sp³-hybridized carbons (Fsp3) is 0.562. The molecule has 1 heterocycles. The summed E-state index contributed by atoms with van der Waals surface area (Å²) in [5.41, 5.74) is 1.76. The summed E-state index contributed by atoms with van der Waals surface area (Å²) in [4.78, 5) is 6.53. The Morgan fingerprint density at radius 1 is 0.952 bits per heavy atom. The van der Waals surface area contributed by atoms with Crippen molar-refractivity contribution in [3.8, 4) is 11.5 Å². The average Bonchev–Trinajstić information content (AvgIpc) is 2.98. The lowest BCUT2D eigenvalue weighted by atomic mass is 9.89. The summed E-state index contributed by atoms with van der Waals surface area (Å²) in [7, 11) is -3.30. The number of ether oxygens (including phenoxy) is 1. The molecule has 1 aliphatic heterocycles. The van der Waals surface area contributed by atoms with Gasteiger partial charge < -0.3 is 15.0 Å². The molecule has 7 nitrogen and oxygen atoms in total. The van der Waals surface area contributed by atoms with Crippen LogP contribution in [-0.2, 0) is 16.6 Å². The minimum atomic E-state index is -3.30. The summed E-state index contributed by atoms with van der Waals surface area (Å²) >= 11 is 11.7. The largest absolute Gasteiger partial charge is 0.457 e. The molecule has 0 atom stereocenters. The summed E-state index contributed by atoms with van der Waals surface area (Å²) in [5.74, 6) is 2.12. The molecule has 1 saturated heterocycles. The van der Waals surface area contributed by atoms with Crippen LogP contribution in [0.1, 0.15) is 70.3 Å². The van der Waals surface area contributed by atoms with E-state index in [-0.39, 0.29) is 0 Å². The molecule has 2 N–H and O–H groups in total. The van der Waals surface area contributed by atoms with Gasteiger partial charge in [0.05, 0.1) is 6.26 Å². The van der Waals surface area contributed by atoms with E-state index in [2.05, 4.69) is 38.9 Å². The highest BCUT2D eigenvalue weighted by molar-refractivity contribution is 7.92. The molecule has 10 heteroatoms. The number of benzene rings is 2. The van der Waals surface area contributed by atoms with Gasteiger partial charge in [-0.1, -0.05) is 69.2 Å². The normalized spacial score (nSPS) is 17.0. The van der Waals surface area contributed by atoms with E-state index >= 15 is 0 Å². The Morgan fingerprint density at radius 2 is 1.57 bits per heavy atom. The van der Waals surface area contributed by atoms with E-state index in [0.717, 1.165) is 86.3 Å². The number of hydrogen-bond acceptors (Lipinski definition) is 6. The zero-order valence-electron chi connectivity index (χ0n) is 25.0. The second-order valence-electron chi connectivity index (χ2n) is 11.7. The Bertz CT molecular complexity index is 1250. The Balaban J connectivity index is 1.24. The molecule has 0 bridgehead atoms. The third kappa shape index (κ3) is 10.5. The molecule has 4 rings (SSSR count). The van der Waals surface area contributed by atoms with Crippen molar-refractivity contribution in [2.45, 2.75) is 77.3 Å². The van der Waals surface area contributed by atoms with Crippen molar-refractivity contribution < 1.29 is 13.2 Å². The van der Waals surface area contributed by atoms with Crippen molar-refractivity contribution in [1.82, 2.24) is 15.1 Å². The smallest absolute Gasteiger partial charge is 0.229 e. The molecule has 0 aromatic heterocycles. The van der Waals surface area contributed by atoms with Crippen molar-refractivity contribution in [2.75, 3.05) is 37.2 Å². The number of sulfonamides is 1. The van der Waals surface area contributed by atoms with Crippen molar-refractivity contribution >= 4 is 50.1 Å². The van der Waals surface area contributed by atoms with Gasteiger partial charge in [0.2, 0.25) is 10.0 Å². The number of thiocarbonyl (C=S) groups is 2. The number of rotatable bonds is 12. The van der Waals surface area contributed by atoms with Gasteiger partial charge in [0.15, 0.2) is 0 Å². The van der Waals surface area contributed by atoms with Crippen molar-refractivity contribution in [3.63, 3.8) is 0 Å². The van der Waals surface area contributed by atoms with E-state index in [1.54, 1.807) is 24.3 Å². The fourth-order valence-corrected chi connectivity index (χ4v) is 6.94. The lowest BCUT2D eigenvalue weighted by Gasteiger charge is -2.40. The molecule has 1 aliphatic carbocycles. The number of likely N-dealkylation sites (tertiary alicyclic amines) is 1. The van der Waals surface area contributed by atoms with E-state index < -0.39 is 10.0 Å². The molecule has 0 amide bonds. The SMILES string of the molecule is CCCCN(C(=S)C(=S)NCC1CCCCC1)C1CCN(Cc2ccc(Oc3ccc(NS(C)(=O)=O)cc3)cc2)CC1. The van der Waals surface area contributed by atoms with Crippen LogP contribution in [0.2, 0.25) is 0 Å². The molecule has 2 aromatic carbocycles. The molecular formula is C32H46N4O3S3. The zero-order chi connectivity index (χ0) is 30.0. The Morgan fingerprint density at radius 3 is 2.17 bits per heavy atom. The van der Waals surface area contributed by atoms with E-state index in [1.165, 1.54) is 37.7 Å². The molecule has 2 aliphatic rings. The monoisotopic (exact) mass is 630 g/mol. The van der Waals surface area contributed by atoms with E-state index in [1.807, 2.05) is 12.1 Å². The summed E-state index contributed by atoms with van der Waals surface area (Å²) in [6.07, 6.45) is 12.2. The van der Waals surface area contributed by atoms with Gasteiger partial charge >= 0.3 is 0 Å². The summed E-state index contributed by atoms with van der Waals surface area (Å²) in [6, 6.07) is 15.5. The van der Waals surface area contributed by atoms with Gasteiger partial charge in [-0.2, -0.15) is 0 Å². The second-order valence-corrected chi connectivity index (χ2v) is 14.3. The second kappa shape index (κ2) is 16.0. The van der Waals surface area contributed by atoms with Crippen LogP contribution in [-0.4, -0.2) is 66.7 Å². The van der Waals surface area contributed by atoms with Gasteiger partial charge in [-0.15, -0.1) is 0 Å². The Hall–Kier alpha value is -2.27. The van der Waals surface area contributed by atoms with Gasteiger partial charge in [-0.25, -0.2) is 8.42 Å². The molecule has 1 saturated carbocycles. The van der Waals surface area contributed by atoms with E-state index in [0.29, 0.717) is 17.5 Å². The standard InChI is InChI=1S/C32H46N4O3S3/c1-3-4-20-36(32(41)31(40)33-23-25-8-6-5-7-9-25)28-18-21-35(22-19-28)24-26-10-14-29(15-11-26)39-30-16-12-27(13-17-30)34-42(2,37)38/h10-17,25,28,34H,3-9,18-24H2,1-2H3,(H,33,40). The average molecular weight is 631 g/mol. The van der Waals surface area contributed by atoms with Crippen LogP contribution < -0.4 is 14.8 Å². The lowest BCUT2D eigenvalue weighted by Crippen LogP contribution is -2.51. The van der Waals surface area contributed by atoms with Gasteiger partial charge in [0, 0.05) is 44.5 Å². The fourth-order valence-electron chi connectivity index (χ4n) is 5.86. The number of piperidine rings is 1. The maximum Gasteiger partial charge on any atom is 0.229 e. The molecule has 2 aromatic rings.